The van der Waals surface area contributed by atoms with Gasteiger partial charge in [-0.3, -0.25) is 4.99 Å². The highest BCUT2D eigenvalue weighted by Crippen LogP contribution is 2.21. The van der Waals surface area contributed by atoms with E-state index in [1.807, 2.05) is 18.7 Å². The summed E-state index contributed by atoms with van der Waals surface area (Å²) in [5.41, 5.74) is 2.29. The normalized spacial score (nSPS) is 11.7. The van der Waals surface area contributed by atoms with Gasteiger partial charge in [-0.25, -0.2) is 0 Å². The maximum Gasteiger partial charge on any atom is 0.191 e. The van der Waals surface area contributed by atoms with Crippen LogP contribution in [0.5, 0.6) is 5.75 Å². The van der Waals surface area contributed by atoms with E-state index in [2.05, 4.69) is 60.9 Å². The van der Waals surface area contributed by atoms with Crippen molar-refractivity contribution in [2.45, 2.75) is 39.0 Å². The monoisotopic (exact) mass is 495 g/mol. The van der Waals surface area contributed by atoms with Crippen LogP contribution in [0.25, 0.3) is 0 Å². The summed E-state index contributed by atoms with van der Waals surface area (Å²) in [7, 11) is 1.79. The van der Waals surface area contributed by atoms with E-state index in [-0.39, 0.29) is 28.7 Å². The van der Waals surface area contributed by atoms with E-state index >= 15 is 0 Å². The molecule has 0 fully saturated rings. The number of benzene rings is 1. The summed E-state index contributed by atoms with van der Waals surface area (Å²) < 4.78 is 11.4. The number of aryl methyl sites for hydroxylation is 1. The fourth-order valence-electron chi connectivity index (χ4n) is 2.07. The second-order valence-electron chi connectivity index (χ2n) is 6.40. The average molecular weight is 495 g/mol. The number of nitrogens with zero attached hydrogens (tertiary/aromatic N) is 1. The number of halogens is 1. The molecule has 1 rings (SSSR count). The third kappa shape index (κ3) is 9.87. The third-order valence-corrected chi connectivity index (χ3v) is 5.07. The summed E-state index contributed by atoms with van der Waals surface area (Å²) in [6.45, 7) is 11.8. The summed E-state index contributed by atoms with van der Waals surface area (Å²) in [5, 5.41) is 6.74. The quantitative estimate of drug-likeness (QED) is 0.224. The van der Waals surface area contributed by atoms with Crippen LogP contribution >= 0.6 is 35.7 Å². The summed E-state index contributed by atoms with van der Waals surface area (Å²) in [4.78, 5) is 4.30. The molecule has 0 heterocycles. The highest BCUT2D eigenvalue weighted by molar-refractivity contribution is 14.0. The lowest BCUT2D eigenvalue weighted by Gasteiger charge is -2.24. The van der Waals surface area contributed by atoms with E-state index in [9.17, 15) is 0 Å². The molecule has 0 saturated heterocycles. The van der Waals surface area contributed by atoms with Gasteiger partial charge in [0.2, 0.25) is 0 Å². The highest BCUT2D eigenvalue weighted by Gasteiger charge is 2.16. The summed E-state index contributed by atoms with van der Waals surface area (Å²) in [6.07, 6.45) is 2.12. The van der Waals surface area contributed by atoms with Gasteiger partial charge in [0, 0.05) is 37.1 Å². The van der Waals surface area contributed by atoms with Crippen LogP contribution in [0.15, 0.2) is 23.2 Å². The Hall–Kier alpha value is -0.670. The van der Waals surface area contributed by atoms with Gasteiger partial charge in [-0.05, 0) is 45.6 Å². The first kappa shape index (κ1) is 25.3. The zero-order chi connectivity index (χ0) is 18.7. The Balaban J connectivity index is 0.00000625. The van der Waals surface area contributed by atoms with Gasteiger partial charge in [0.1, 0.15) is 12.4 Å². The SMILES string of the molecule is CCOCCOc1cc(C)ccc1CNC(=NC)NCC(C)(C)SC.I. The van der Waals surface area contributed by atoms with Crippen LogP contribution in [0.4, 0.5) is 0 Å². The van der Waals surface area contributed by atoms with Crippen molar-refractivity contribution in [3.05, 3.63) is 29.3 Å². The maximum absolute atomic E-state index is 5.89. The van der Waals surface area contributed by atoms with E-state index in [0.717, 1.165) is 23.8 Å². The van der Waals surface area contributed by atoms with Gasteiger partial charge in [0.15, 0.2) is 5.96 Å². The number of aliphatic imine (C=N–C) groups is 1. The lowest BCUT2D eigenvalue weighted by molar-refractivity contribution is 0.110. The molecule has 1 aromatic rings. The van der Waals surface area contributed by atoms with Crippen LogP contribution in [-0.2, 0) is 11.3 Å². The molecule has 0 aliphatic rings. The minimum atomic E-state index is 0. The van der Waals surface area contributed by atoms with Crippen LogP contribution in [0.3, 0.4) is 0 Å². The summed E-state index contributed by atoms with van der Waals surface area (Å²) in [5.74, 6) is 1.69. The molecule has 5 nitrogen and oxygen atoms in total. The number of guanidine groups is 1. The van der Waals surface area contributed by atoms with Gasteiger partial charge in [-0.2, -0.15) is 11.8 Å². The second kappa shape index (κ2) is 13.5. The number of ether oxygens (including phenoxy) is 2. The second-order valence-corrected chi connectivity index (χ2v) is 7.91. The van der Waals surface area contributed by atoms with Crippen molar-refractivity contribution in [3.63, 3.8) is 0 Å². The van der Waals surface area contributed by atoms with Gasteiger partial charge in [0.25, 0.3) is 0 Å². The Labute approximate surface area is 180 Å². The predicted molar refractivity (Wildman–Crippen MR) is 124 cm³/mol. The summed E-state index contributed by atoms with van der Waals surface area (Å²) in [6, 6.07) is 6.26. The molecule has 0 aliphatic carbocycles. The Bertz CT molecular complexity index is 554. The van der Waals surface area contributed by atoms with Crippen LogP contribution in [0.2, 0.25) is 0 Å². The summed E-state index contributed by atoms with van der Waals surface area (Å²) >= 11 is 1.83. The molecule has 0 aliphatic heterocycles. The molecule has 0 spiro atoms. The minimum Gasteiger partial charge on any atom is -0.491 e. The van der Waals surface area contributed by atoms with Crippen LogP contribution < -0.4 is 15.4 Å². The Morgan fingerprint density at radius 2 is 1.96 bits per heavy atom. The molecule has 2 N–H and O–H groups in total. The molecule has 0 bridgehead atoms. The fraction of sp³-hybridized carbons (Fsp3) is 0.632. The zero-order valence-corrected chi connectivity index (χ0v) is 20.0. The largest absolute Gasteiger partial charge is 0.491 e. The van der Waals surface area contributed by atoms with E-state index in [0.29, 0.717) is 26.4 Å². The van der Waals surface area contributed by atoms with Crippen LogP contribution in [-0.4, -0.2) is 50.4 Å². The number of hydrogen-bond acceptors (Lipinski definition) is 4. The highest BCUT2D eigenvalue weighted by atomic mass is 127. The molecule has 0 unspecified atom stereocenters. The molecule has 0 atom stereocenters. The molecule has 7 heteroatoms. The number of hydrogen-bond donors (Lipinski definition) is 2. The molecular weight excluding hydrogens is 461 g/mol. The van der Waals surface area contributed by atoms with Crippen molar-refractivity contribution in [1.82, 2.24) is 10.6 Å². The number of nitrogens with one attached hydrogen (secondary N) is 2. The molecule has 150 valence electrons. The van der Waals surface area contributed by atoms with Crippen molar-refractivity contribution in [1.29, 1.82) is 0 Å². The van der Waals surface area contributed by atoms with E-state index in [4.69, 9.17) is 9.47 Å². The lowest BCUT2D eigenvalue weighted by Crippen LogP contribution is -2.43. The number of thioether (sulfide) groups is 1. The molecule has 0 aromatic heterocycles. The van der Waals surface area contributed by atoms with Gasteiger partial charge in [-0.15, -0.1) is 24.0 Å². The van der Waals surface area contributed by atoms with E-state index < -0.39 is 0 Å². The molecular formula is C19H34IN3O2S. The molecule has 1 aromatic carbocycles. The van der Waals surface area contributed by atoms with Crippen LogP contribution in [0.1, 0.15) is 31.9 Å². The van der Waals surface area contributed by atoms with E-state index in [1.54, 1.807) is 7.05 Å². The minimum absolute atomic E-state index is 0. The molecule has 0 amide bonds. The van der Waals surface area contributed by atoms with E-state index in [1.165, 1.54) is 5.56 Å². The first-order valence-corrected chi connectivity index (χ1v) is 9.94. The average Bonchev–Trinajstić information content (AvgIpc) is 2.60. The van der Waals surface area contributed by atoms with Crippen molar-refractivity contribution in [3.8, 4) is 5.75 Å². The van der Waals surface area contributed by atoms with Crippen molar-refractivity contribution in [2.24, 2.45) is 4.99 Å². The first-order valence-electron chi connectivity index (χ1n) is 8.71. The predicted octanol–water partition coefficient (Wildman–Crippen LogP) is 3.83. The molecule has 0 radical (unpaired) electrons. The van der Waals surface area contributed by atoms with Crippen LogP contribution in [0, 0.1) is 6.92 Å². The Kier molecular flexibility index (Phi) is 13.1. The Morgan fingerprint density at radius 1 is 1.23 bits per heavy atom. The fourth-order valence-corrected chi connectivity index (χ4v) is 2.28. The van der Waals surface area contributed by atoms with Gasteiger partial charge in [-0.1, -0.05) is 12.1 Å². The van der Waals surface area contributed by atoms with Crippen molar-refractivity contribution < 1.29 is 9.47 Å². The first-order chi connectivity index (χ1) is 11.9. The Morgan fingerprint density at radius 3 is 2.58 bits per heavy atom. The van der Waals surface area contributed by atoms with Gasteiger partial charge in [0.05, 0.1) is 6.61 Å². The molecule has 26 heavy (non-hydrogen) atoms. The van der Waals surface area contributed by atoms with Crippen molar-refractivity contribution >= 4 is 41.7 Å². The topological polar surface area (TPSA) is 54.9 Å². The van der Waals surface area contributed by atoms with Gasteiger partial charge < -0.3 is 20.1 Å². The third-order valence-electron chi connectivity index (χ3n) is 3.82. The molecule has 0 saturated carbocycles. The lowest BCUT2D eigenvalue weighted by atomic mass is 10.1. The maximum atomic E-state index is 5.89. The van der Waals surface area contributed by atoms with Gasteiger partial charge >= 0.3 is 0 Å². The zero-order valence-electron chi connectivity index (χ0n) is 16.8. The standard InChI is InChI=1S/C19H33N3O2S.HI/c1-7-23-10-11-24-17-12-15(2)8-9-16(17)13-21-18(20-5)22-14-19(3,4)25-6;/h8-9,12H,7,10-11,13-14H2,1-6H3,(H2,20,21,22);1H. The smallest absolute Gasteiger partial charge is 0.191 e. The number of rotatable bonds is 10. The van der Waals surface area contributed by atoms with Crippen molar-refractivity contribution in [2.75, 3.05) is 39.7 Å².